The number of hydrogen-bond acceptors (Lipinski definition) is 4. The van der Waals surface area contributed by atoms with Gasteiger partial charge in [-0.3, -0.25) is 9.78 Å². The second-order valence-corrected chi connectivity index (χ2v) is 8.31. The number of alkyl halides is 3. The number of halogens is 3. The zero-order valence-corrected chi connectivity index (χ0v) is 18.5. The number of fused-ring (bicyclic) bond motifs is 1. The van der Waals surface area contributed by atoms with Crippen molar-refractivity contribution in [1.82, 2.24) is 19.7 Å². The van der Waals surface area contributed by atoms with Crippen molar-refractivity contribution in [3.63, 3.8) is 0 Å². The average molecular weight is 473 g/mol. The van der Waals surface area contributed by atoms with Gasteiger partial charge in [0.15, 0.2) is 0 Å². The first kappa shape index (κ1) is 22.3. The molecule has 0 aliphatic carbocycles. The maximum atomic E-state index is 13.5. The maximum absolute atomic E-state index is 13.5. The van der Waals surface area contributed by atoms with Gasteiger partial charge in [0.2, 0.25) is 0 Å². The van der Waals surface area contributed by atoms with Gasteiger partial charge in [0.05, 0.1) is 35.1 Å². The summed E-state index contributed by atoms with van der Waals surface area (Å²) in [5.41, 5.74) is 3.54. The lowest BCUT2D eigenvalue weighted by atomic mass is 9.95. The summed E-state index contributed by atoms with van der Waals surface area (Å²) >= 11 is 0. The number of nitrogens with zero attached hydrogens (tertiary/aromatic N) is 5. The molecule has 2 aromatic heterocycles. The number of benzene rings is 2. The van der Waals surface area contributed by atoms with Crippen molar-refractivity contribution in [2.75, 3.05) is 0 Å². The molecule has 1 aliphatic heterocycles. The van der Waals surface area contributed by atoms with Crippen LogP contribution in [-0.2, 0) is 19.3 Å². The van der Waals surface area contributed by atoms with E-state index >= 15 is 0 Å². The molecule has 2 aromatic carbocycles. The molecule has 5 rings (SSSR count). The number of amides is 1. The van der Waals surface area contributed by atoms with Crippen LogP contribution in [0, 0.1) is 18.3 Å². The molecule has 0 atom stereocenters. The Labute approximate surface area is 198 Å². The molecular weight excluding hydrogens is 455 g/mol. The molecule has 6 nitrogen and oxygen atoms in total. The number of pyridine rings is 1. The number of carbonyl (C=O) groups is 1. The molecule has 1 aliphatic rings. The maximum Gasteiger partial charge on any atom is 0.416 e. The van der Waals surface area contributed by atoms with E-state index in [-0.39, 0.29) is 29.1 Å². The summed E-state index contributed by atoms with van der Waals surface area (Å²) in [4.78, 5) is 19.3. The summed E-state index contributed by atoms with van der Waals surface area (Å²) in [5.74, 6) is -0.376. The lowest BCUT2D eigenvalue weighted by Gasteiger charge is -2.19. The Morgan fingerprint density at radius 2 is 1.91 bits per heavy atom. The lowest BCUT2D eigenvalue weighted by Crippen LogP contribution is -2.26. The van der Waals surface area contributed by atoms with Gasteiger partial charge in [0, 0.05) is 35.8 Å². The fourth-order valence-electron chi connectivity index (χ4n) is 4.18. The van der Waals surface area contributed by atoms with Crippen LogP contribution in [0.5, 0.6) is 0 Å². The van der Waals surface area contributed by atoms with Crippen LogP contribution >= 0.6 is 0 Å². The summed E-state index contributed by atoms with van der Waals surface area (Å²) in [5, 5.41) is 13.9. The van der Waals surface area contributed by atoms with Gasteiger partial charge in [-0.15, -0.1) is 0 Å². The standard InChI is InChI=1S/C26H18F3N5O/c1-16-9-21(7-8-31-16)34-14-19-13-33(15-24(19)32-34)25(35)23-10-17(12-30)5-6-22(23)18-3-2-4-20(11-18)26(27,28)29/h2-11,14H,13,15H2,1H3. The number of nitriles is 1. The number of hydrogen-bond donors (Lipinski definition) is 0. The van der Waals surface area contributed by atoms with Gasteiger partial charge in [0.1, 0.15) is 0 Å². The number of rotatable bonds is 3. The molecule has 35 heavy (non-hydrogen) atoms. The van der Waals surface area contributed by atoms with Gasteiger partial charge >= 0.3 is 6.18 Å². The molecule has 0 N–H and O–H groups in total. The molecule has 0 fully saturated rings. The Morgan fingerprint density at radius 1 is 1.09 bits per heavy atom. The first-order valence-corrected chi connectivity index (χ1v) is 10.7. The summed E-state index contributed by atoms with van der Waals surface area (Å²) in [6.07, 6.45) is -0.954. The molecule has 1 amide bonds. The van der Waals surface area contributed by atoms with E-state index in [0.29, 0.717) is 12.1 Å². The van der Waals surface area contributed by atoms with Crippen molar-refractivity contribution in [3.8, 4) is 22.9 Å². The zero-order valence-electron chi connectivity index (χ0n) is 18.5. The van der Waals surface area contributed by atoms with Crippen LogP contribution in [0.2, 0.25) is 0 Å². The quantitative estimate of drug-likeness (QED) is 0.405. The van der Waals surface area contributed by atoms with Gasteiger partial charge in [-0.05, 0) is 54.4 Å². The minimum atomic E-state index is -4.51. The molecule has 0 saturated heterocycles. The molecule has 9 heteroatoms. The third-order valence-electron chi connectivity index (χ3n) is 5.89. The van der Waals surface area contributed by atoms with Gasteiger partial charge < -0.3 is 4.90 Å². The second kappa shape index (κ2) is 8.40. The van der Waals surface area contributed by atoms with Crippen molar-refractivity contribution in [1.29, 1.82) is 5.26 Å². The smallest absolute Gasteiger partial charge is 0.328 e. The third-order valence-corrected chi connectivity index (χ3v) is 5.89. The average Bonchev–Trinajstić information content (AvgIpc) is 3.42. The highest BCUT2D eigenvalue weighted by atomic mass is 19.4. The van der Waals surface area contributed by atoms with Gasteiger partial charge in [-0.2, -0.15) is 23.5 Å². The van der Waals surface area contributed by atoms with Crippen LogP contribution in [0.3, 0.4) is 0 Å². The van der Waals surface area contributed by atoms with E-state index in [1.54, 1.807) is 15.8 Å². The Balaban J connectivity index is 1.46. The number of aryl methyl sites for hydroxylation is 1. The third kappa shape index (κ3) is 4.26. The first-order valence-electron chi connectivity index (χ1n) is 10.7. The van der Waals surface area contributed by atoms with Crippen molar-refractivity contribution >= 4 is 5.91 Å². The Bertz CT molecular complexity index is 1480. The van der Waals surface area contributed by atoms with Crippen molar-refractivity contribution in [2.45, 2.75) is 26.2 Å². The lowest BCUT2D eigenvalue weighted by molar-refractivity contribution is -0.137. The van der Waals surface area contributed by atoms with E-state index in [0.717, 1.165) is 34.8 Å². The molecule has 3 heterocycles. The highest BCUT2D eigenvalue weighted by molar-refractivity contribution is 6.01. The van der Waals surface area contributed by atoms with Crippen LogP contribution in [0.1, 0.15) is 38.4 Å². The predicted molar refractivity (Wildman–Crippen MR) is 121 cm³/mol. The highest BCUT2D eigenvalue weighted by Crippen LogP contribution is 2.34. The monoisotopic (exact) mass is 473 g/mol. The largest absolute Gasteiger partial charge is 0.416 e. The van der Waals surface area contributed by atoms with Crippen LogP contribution in [0.25, 0.3) is 16.8 Å². The van der Waals surface area contributed by atoms with Crippen molar-refractivity contribution in [3.05, 3.63) is 101 Å². The predicted octanol–water partition coefficient (Wildman–Crippen LogP) is 5.29. The molecule has 174 valence electrons. The molecular formula is C26H18F3N5O. The van der Waals surface area contributed by atoms with Crippen LogP contribution in [0.15, 0.2) is 67.0 Å². The minimum Gasteiger partial charge on any atom is -0.328 e. The number of aromatic nitrogens is 3. The van der Waals surface area contributed by atoms with Crippen molar-refractivity contribution < 1.29 is 18.0 Å². The van der Waals surface area contributed by atoms with E-state index in [9.17, 15) is 23.2 Å². The highest BCUT2D eigenvalue weighted by Gasteiger charge is 2.32. The normalized spacial score (nSPS) is 12.9. The summed E-state index contributed by atoms with van der Waals surface area (Å²) < 4.78 is 41.6. The van der Waals surface area contributed by atoms with E-state index in [2.05, 4.69) is 10.1 Å². The zero-order chi connectivity index (χ0) is 24.7. The van der Waals surface area contributed by atoms with Crippen LogP contribution < -0.4 is 0 Å². The molecule has 0 spiro atoms. The van der Waals surface area contributed by atoms with Crippen molar-refractivity contribution in [2.24, 2.45) is 0 Å². The van der Waals surface area contributed by atoms with Crippen LogP contribution in [0.4, 0.5) is 13.2 Å². The molecule has 4 aromatic rings. The fourth-order valence-corrected chi connectivity index (χ4v) is 4.18. The van der Waals surface area contributed by atoms with E-state index < -0.39 is 11.7 Å². The molecule has 0 unspecified atom stereocenters. The van der Waals surface area contributed by atoms with Gasteiger partial charge in [-0.1, -0.05) is 18.2 Å². The summed E-state index contributed by atoms with van der Waals surface area (Å²) in [6, 6.07) is 15.0. The molecule has 0 bridgehead atoms. The van der Waals surface area contributed by atoms with Gasteiger partial charge in [-0.25, -0.2) is 4.68 Å². The van der Waals surface area contributed by atoms with E-state index in [1.165, 1.54) is 30.3 Å². The summed E-state index contributed by atoms with van der Waals surface area (Å²) in [7, 11) is 0. The minimum absolute atomic E-state index is 0.172. The Morgan fingerprint density at radius 3 is 2.63 bits per heavy atom. The second-order valence-electron chi connectivity index (χ2n) is 8.31. The molecule has 0 radical (unpaired) electrons. The molecule has 0 saturated carbocycles. The first-order chi connectivity index (χ1) is 16.7. The SMILES string of the molecule is Cc1cc(-n2cc3c(n2)CN(C(=O)c2cc(C#N)ccc2-c2cccc(C(F)(F)F)c2)C3)ccn1. The van der Waals surface area contributed by atoms with Crippen LogP contribution in [-0.4, -0.2) is 25.6 Å². The Hall–Kier alpha value is -4.45. The fraction of sp³-hybridized carbons (Fsp3) is 0.154. The Kier molecular flexibility index (Phi) is 5.36. The van der Waals surface area contributed by atoms with Gasteiger partial charge in [0.25, 0.3) is 5.91 Å². The topological polar surface area (TPSA) is 74.8 Å². The number of carbonyl (C=O) groups excluding carboxylic acids is 1. The van der Waals surface area contributed by atoms with E-state index in [4.69, 9.17) is 0 Å². The van der Waals surface area contributed by atoms with E-state index in [1.807, 2.05) is 31.3 Å². The summed E-state index contributed by atoms with van der Waals surface area (Å²) in [6.45, 7) is 2.44.